The Morgan fingerprint density at radius 2 is 1.53 bits per heavy atom. The van der Waals surface area contributed by atoms with Crippen LogP contribution in [0.2, 0.25) is 0 Å². The molecule has 0 radical (unpaired) electrons. The minimum Gasteiger partial charge on any atom is -0.359 e. The molecule has 0 spiro atoms. The van der Waals surface area contributed by atoms with Gasteiger partial charge in [0.05, 0.1) is 13.1 Å². The molecule has 1 aromatic rings. The van der Waals surface area contributed by atoms with E-state index >= 15 is 0 Å². The summed E-state index contributed by atoms with van der Waals surface area (Å²) in [6.45, 7) is 8.73. The normalized spacial score (nSPS) is 25.9. The van der Waals surface area contributed by atoms with Gasteiger partial charge in [0, 0.05) is 5.69 Å². The molecule has 19 heavy (non-hydrogen) atoms. The summed E-state index contributed by atoms with van der Waals surface area (Å²) in [5, 5.41) is 0. The van der Waals surface area contributed by atoms with E-state index in [-0.39, 0.29) is 23.9 Å². The lowest BCUT2D eigenvalue weighted by Gasteiger charge is -2.41. The zero-order valence-electron chi connectivity index (χ0n) is 12.1. The van der Waals surface area contributed by atoms with E-state index in [1.165, 1.54) is 11.1 Å². The molecule has 0 unspecified atom stereocenters. The Labute approximate surface area is 113 Å². The summed E-state index contributed by atoms with van der Waals surface area (Å²) in [4.78, 5) is 1.77. The summed E-state index contributed by atoms with van der Waals surface area (Å²) >= 11 is 0. The topological polar surface area (TPSA) is 3.24 Å². The molecule has 1 saturated heterocycles. The van der Waals surface area contributed by atoms with Gasteiger partial charge >= 0.3 is 0 Å². The fourth-order valence-corrected chi connectivity index (χ4v) is 3.87. The van der Waals surface area contributed by atoms with Gasteiger partial charge in [-0.05, 0) is 40.5 Å². The van der Waals surface area contributed by atoms with Crippen molar-refractivity contribution in [3.63, 3.8) is 0 Å². The maximum atomic E-state index is 13.0. The van der Waals surface area contributed by atoms with Crippen LogP contribution in [-0.4, -0.2) is 19.0 Å². The molecule has 3 heteroatoms. The van der Waals surface area contributed by atoms with Gasteiger partial charge in [0.1, 0.15) is 0 Å². The van der Waals surface area contributed by atoms with Gasteiger partial charge in [-0.15, -0.1) is 0 Å². The van der Waals surface area contributed by atoms with Crippen LogP contribution in [0.3, 0.4) is 0 Å². The summed E-state index contributed by atoms with van der Waals surface area (Å²) in [7, 11) is 0. The summed E-state index contributed by atoms with van der Waals surface area (Å²) in [6, 6.07) is 6.26. The van der Waals surface area contributed by atoms with Crippen LogP contribution in [0.4, 0.5) is 14.5 Å². The summed E-state index contributed by atoms with van der Waals surface area (Å²) in [5.41, 5.74) is 3.94. The lowest BCUT2D eigenvalue weighted by Crippen LogP contribution is -2.56. The Hall–Kier alpha value is -1.12. The molecular weight excluding hydrogens is 244 g/mol. The van der Waals surface area contributed by atoms with Crippen molar-refractivity contribution < 1.29 is 8.78 Å². The van der Waals surface area contributed by atoms with Gasteiger partial charge in [-0.3, -0.25) is 0 Å². The third-order valence-corrected chi connectivity index (χ3v) is 4.55. The standard InChI is InChI=1S/C16H21F2N/c1-14(2)8-15(3,4)13-7-11(5-6-12(13)14)19-9-16(17,18)10-19/h5-7H,8-10H2,1-4H3. The zero-order valence-corrected chi connectivity index (χ0v) is 12.1. The van der Waals surface area contributed by atoms with E-state index < -0.39 is 5.92 Å². The number of fused-ring (bicyclic) bond motifs is 1. The van der Waals surface area contributed by atoms with Crippen LogP contribution in [0.5, 0.6) is 0 Å². The molecule has 3 rings (SSSR count). The molecule has 1 heterocycles. The summed E-state index contributed by atoms with van der Waals surface area (Å²) < 4.78 is 26.0. The molecule has 1 fully saturated rings. The van der Waals surface area contributed by atoms with E-state index in [0.717, 1.165) is 12.1 Å². The van der Waals surface area contributed by atoms with Crippen LogP contribution in [0.1, 0.15) is 45.2 Å². The summed E-state index contributed by atoms with van der Waals surface area (Å²) in [5.74, 6) is -2.51. The highest BCUT2D eigenvalue weighted by Crippen LogP contribution is 2.50. The SMILES string of the molecule is CC1(C)CC(C)(C)c2cc(N3CC(F)(F)C3)ccc21. The maximum absolute atomic E-state index is 13.0. The van der Waals surface area contributed by atoms with Crippen LogP contribution < -0.4 is 4.90 Å². The molecule has 1 aliphatic carbocycles. The summed E-state index contributed by atoms with van der Waals surface area (Å²) in [6.07, 6.45) is 1.11. The fourth-order valence-electron chi connectivity index (χ4n) is 3.87. The molecule has 0 amide bonds. The molecular formula is C16H21F2N. The number of hydrogen-bond acceptors (Lipinski definition) is 1. The second-order valence-electron chi connectivity index (χ2n) is 7.39. The highest BCUT2D eigenvalue weighted by molar-refractivity contribution is 5.58. The first-order valence-electron chi connectivity index (χ1n) is 6.89. The Morgan fingerprint density at radius 3 is 2.11 bits per heavy atom. The number of anilines is 1. The molecule has 1 nitrogen and oxygen atoms in total. The second-order valence-corrected chi connectivity index (χ2v) is 7.39. The Morgan fingerprint density at radius 1 is 0.947 bits per heavy atom. The largest absolute Gasteiger partial charge is 0.359 e. The number of rotatable bonds is 1. The number of halogens is 2. The Bertz CT molecular complexity index is 524. The number of benzene rings is 1. The van der Waals surface area contributed by atoms with E-state index in [2.05, 4.69) is 39.8 Å². The minimum absolute atomic E-state index is 0.127. The van der Waals surface area contributed by atoms with Crippen molar-refractivity contribution in [3.8, 4) is 0 Å². The van der Waals surface area contributed by atoms with Crippen molar-refractivity contribution in [3.05, 3.63) is 29.3 Å². The lowest BCUT2D eigenvalue weighted by molar-refractivity contribution is -0.0262. The first kappa shape index (κ1) is 12.9. The Kier molecular flexibility index (Phi) is 2.37. The quantitative estimate of drug-likeness (QED) is 0.739. The van der Waals surface area contributed by atoms with Crippen LogP contribution in [0, 0.1) is 0 Å². The van der Waals surface area contributed by atoms with Gasteiger partial charge in [-0.25, -0.2) is 8.78 Å². The van der Waals surface area contributed by atoms with Crippen molar-refractivity contribution in [2.45, 2.75) is 50.9 Å². The smallest absolute Gasteiger partial charge is 0.282 e. The highest BCUT2D eigenvalue weighted by Gasteiger charge is 2.46. The number of nitrogens with zero attached hydrogens (tertiary/aromatic N) is 1. The molecule has 0 saturated carbocycles. The molecule has 1 aromatic carbocycles. The third-order valence-electron chi connectivity index (χ3n) is 4.55. The van der Waals surface area contributed by atoms with Crippen molar-refractivity contribution in [1.29, 1.82) is 0 Å². The second kappa shape index (κ2) is 3.50. The van der Waals surface area contributed by atoms with Crippen molar-refractivity contribution >= 4 is 5.69 Å². The molecule has 2 aliphatic rings. The van der Waals surface area contributed by atoms with Crippen LogP contribution >= 0.6 is 0 Å². The molecule has 0 aromatic heterocycles. The van der Waals surface area contributed by atoms with Gasteiger partial charge < -0.3 is 4.90 Å². The van der Waals surface area contributed by atoms with E-state index in [1.54, 1.807) is 4.90 Å². The van der Waals surface area contributed by atoms with Crippen LogP contribution in [-0.2, 0) is 10.8 Å². The monoisotopic (exact) mass is 265 g/mol. The van der Waals surface area contributed by atoms with E-state index in [1.807, 2.05) is 6.07 Å². The van der Waals surface area contributed by atoms with Crippen LogP contribution in [0.15, 0.2) is 18.2 Å². The first-order valence-corrected chi connectivity index (χ1v) is 6.89. The number of hydrogen-bond donors (Lipinski definition) is 0. The van der Waals surface area contributed by atoms with Crippen molar-refractivity contribution in [1.82, 2.24) is 0 Å². The van der Waals surface area contributed by atoms with Crippen molar-refractivity contribution in [2.24, 2.45) is 0 Å². The molecule has 104 valence electrons. The van der Waals surface area contributed by atoms with Gasteiger partial charge in [-0.1, -0.05) is 33.8 Å². The first-order chi connectivity index (χ1) is 8.61. The third kappa shape index (κ3) is 1.94. The minimum atomic E-state index is -2.51. The van der Waals surface area contributed by atoms with E-state index in [9.17, 15) is 8.78 Å². The Balaban J connectivity index is 1.97. The van der Waals surface area contributed by atoms with Crippen molar-refractivity contribution in [2.75, 3.05) is 18.0 Å². The maximum Gasteiger partial charge on any atom is 0.282 e. The lowest BCUT2D eigenvalue weighted by atomic mass is 9.82. The molecule has 0 bridgehead atoms. The van der Waals surface area contributed by atoms with Gasteiger partial charge in [0.15, 0.2) is 0 Å². The van der Waals surface area contributed by atoms with Gasteiger partial charge in [0.2, 0.25) is 0 Å². The van der Waals surface area contributed by atoms with E-state index in [4.69, 9.17) is 0 Å². The van der Waals surface area contributed by atoms with Crippen LogP contribution in [0.25, 0.3) is 0 Å². The van der Waals surface area contributed by atoms with E-state index in [0.29, 0.717) is 0 Å². The molecule has 1 aliphatic heterocycles. The van der Waals surface area contributed by atoms with Gasteiger partial charge in [0.25, 0.3) is 5.92 Å². The zero-order chi connectivity index (χ0) is 14.1. The fraction of sp³-hybridized carbons (Fsp3) is 0.625. The molecule has 0 N–H and O–H groups in total. The van der Waals surface area contributed by atoms with Gasteiger partial charge in [-0.2, -0.15) is 0 Å². The average Bonchev–Trinajstić information content (AvgIpc) is 2.41. The predicted octanol–water partition coefficient (Wildman–Crippen LogP) is 4.10. The predicted molar refractivity (Wildman–Crippen MR) is 74.3 cm³/mol. The molecule has 0 atom stereocenters. The average molecular weight is 265 g/mol. The highest BCUT2D eigenvalue weighted by atomic mass is 19.3. The number of alkyl halides is 2.